The average molecular weight is 452 g/mol. The van der Waals surface area contributed by atoms with Crippen LogP contribution in [0.5, 0.6) is 11.5 Å². The Morgan fingerprint density at radius 2 is 1.79 bits per heavy atom. The van der Waals surface area contributed by atoms with Crippen LogP contribution in [0.3, 0.4) is 0 Å². The molecule has 0 spiro atoms. The summed E-state index contributed by atoms with van der Waals surface area (Å²) in [4.78, 5) is 13.0. The minimum Gasteiger partial charge on any atom is -0.459 e. The molecule has 5 rings (SSSR count). The highest BCUT2D eigenvalue weighted by atomic mass is 16.7. The number of allylic oxidation sites excluding steroid dienone is 1. The normalized spacial score (nSPS) is 22.0. The van der Waals surface area contributed by atoms with Gasteiger partial charge in [0, 0.05) is 18.4 Å². The summed E-state index contributed by atoms with van der Waals surface area (Å²) in [6.45, 7) is 0.578. The minimum absolute atomic E-state index is 0.00828. The third-order valence-corrected chi connectivity index (χ3v) is 6.44. The predicted octanol–water partition coefficient (Wildman–Crippen LogP) is 3.90. The van der Waals surface area contributed by atoms with Gasteiger partial charge in [0.2, 0.25) is 13.1 Å². The van der Waals surface area contributed by atoms with Gasteiger partial charge < -0.3 is 29.4 Å². The molecule has 0 unspecified atom stereocenters. The van der Waals surface area contributed by atoms with Gasteiger partial charge in [0.15, 0.2) is 17.3 Å². The standard InChI is InChI=1S/C26H29NO6/c28-14-17-5-7-18(8-6-17)15-30-25-13-20(19-9-10-22-23(11-19)32-16-31-22)12-24(33-25)26(29)27-21-3-1-2-4-21/h5-12,20-21,25,28H,1-4,13-16H2,(H,27,29)/t20-,25+/m1/s1. The SMILES string of the molecule is O=C(NC1CCCC1)C1=C[C@@H](c2ccc3c(c2)OCO3)C[C@@H](OCc2ccc(CO)cc2)O1. The molecule has 2 aromatic carbocycles. The molecule has 2 atom stereocenters. The molecular weight excluding hydrogens is 422 g/mol. The lowest BCUT2D eigenvalue weighted by Gasteiger charge is -2.30. The molecule has 0 saturated heterocycles. The van der Waals surface area contributed by atoms with Gasteiger partial charge in [0.25, 0.3) is 5.91 Å². The maximum Gasteiger partial charge on any atom is 0.286 e. The van der Waals surface area contributed by atoms with E-state index in [9.17, 15) is 9.90 Å². The molecule has 33 heavy (non-hydrogen) atoms. The Balaban J connectivity index is 1.32. The molecule has 0 radical (unpaired) electrons. The lowest BCUT2D eigenvalue weighted by Crippen LogP contribution is -2.37. The molecule has 2 aromatic rings. The monoisotopic (exact) mass is 451 g/mol. The second-order valence-corrected chi connectivity index (χ2v) is 8.77. The fourth-order valence-corrected chi connectivity index (χ4v) is 4.55. The van der Waals surface area contributed by atoms with Crippen LogP contribution >= 0.6 is 0 Å². The van der Waals surface area contributed by atoms with Crippen LogP contribution in [0.25, 0.3) is 0 Å². The Labute approximate surface area is 193 Å². The zero-order valence-corrected chi connectivity index (χ0v) is 18.5. The number of aliphatic hydroxyl groups excluding tert-OH is 1. The fraction of sp³-hybridized carbons (Fsp3) is 0.423. The number of benzene rings is 2. The quantitative estimate of drug-likeness (QED) is 0.664. The van der Waals surface area contributed by atoms with E-state index < -0.39 is 6.29 Å². The molecule has 2 aliphatic heterocycles. The van der Waals surface area contributed by atoms with Crippen LogP contribution < -0.4 is 14.8 Å². The molecule has 7 heteroatoms. The zero-order valence-electron chi connectivity index (χ0n) is 18.5. The number of carbonyl (C=O) groups excluding carboxylic acids is 1. The van der Waals surface area contributed by atoms with Crippen LogP contribution in [0.1, 0.15) is 54.7 Å². The number of carbonyl (C=O) groups is 1. The van der Waals surface area contributed by atoms with E-state index in [1.807, 2.05) is 48.5 Å². The van der Waals surface area contributed by atoms with Gasteiger partial charge in [0.1, 0.15) is 0 Å². The second-order valence-electron chi connectivity index (χ2n) is 8.77. The number of hydrogen-bond donors (Lipinski definition) is 2. The smallest absolute Gasteiger partial charge is 0.286 e. The van der Waals surface area contributed by atoms with Crippen LogP contribution in [0.4, 0.5) is 0 Å². The van der Waals surface area contributed by atoms with Gasteiger partial charge >= 0.3 is 0 Å². The molecular formula is C26H29NO6. The van der Waals surface area contributed by atoms with Gasteiger partial charge in [-0.3, -0.25) is 4.79 Å². The van der Waals surface area contributed by atoms with Gasteiger partial charge in [-0.15, -0.1) is 0 Å². The Kier molecular flexibility index (Phi) is 6.51. The second kappa shape index (κ2) is 9.85. The summed E-state index contributed by atoms with van der Waals surface area (Å²) in [7, 11) is 0. The minimum atomic E-state index is -0.563. The van der Waals surface area contributed by atoms with E-state index in [0.717, 1.165) is 48.1 Å². The van der Waals surface area contributed by atoms with Crippen molar-refractivity contribution in [2.24, 2.45) is 0 Å². The van der Waals surface area contributed by atoms with Crippen molar-refractivity contribution in [3.63, 3.8) is 0 Å². The van der Waals surface area contributed by atoms with Gasteiger partial charge in [0.05, 0.1) is 13.2 Å². The predicted molar refractivity (Wildman–Crippen MR) is 120 cm³/mol. The third-order valence-electron chi connectivity index (χ3n) is 6.44. The Bertz CT molecular complexity index is 1010. The highest BCUT2D eigenvalue weighted by Crippen LogP contribution is 2.38. The summed E-state index contributed by atoms with van der Waals surface area (Å²) >= 11 is 0. The van der Waals surface area contributed by atoms with Crippen molar-refractivity contribution in [3.8, 4) is 11.5 Å². The Morgan fingerprint density at radius 3 is 2.58 bits per heavy atom. The van der Waals surface area contributed by atoms with Crippen molar-refractivity contribution in [2.45, 2.75) is 63.6 Å². The first kappa shape index (κ1) is 21.8. The molecule has 2 N–H and O–H groups in total. The van der Waals surface area contributed by atoms with Crippen LogP contribution in [-0.4, -0.2) is 30.1 Å². The third kappa shape index (κ3) is 5.15. The number of nitrogens with one attached hydrogen (secondary N) is 1. The van der Waals surface area contributed by atoms with Crippen molar-refractivity contribution >= 4 is 5.91 Å². The maximum absolute atomic E-state index is 13.0. The van der Waals surface area contributed by atoms with Crippen LogP contribution in [0, 0.1) is 0 Å². The van der Waals surface area contributed by atoms with E-state index in [4.69, 9.17) is 18.9 Å². The van der Waals surface area contributed by atoms with Crippen molar-refractivity contribution in [1.82, 2.24) is 5.32 Å². The number of amides is 1. The molecule has 0 aromatic heterocycles. The highest BCUT2D eigenvalue weighted by molar-refractivity contribution is 5.92. The molecule has 1 amide bonds. The summed E-state index contributed by atoms with van der Waals surface area (Å²) in [5.74, 6) is 1.50. The summed E-state index contributed by atoms with van der Waals surface area (Å²) in [5, 5.41) is 12.3. The van der Waals surface area contributed by atoms with Crippen molar-refractivity contribution < 1.29 is 28.8 Å². The maximum atomic E-state index is 13.0. The van der Waals surface area contributed by atoms with E-state index in [2.05, 4.69) is 5.32 Å². The van der Waals surface area contributed by atoms with Crippen LogP contribution in [0.15, 0.2) is 54.3 Å². The van der Waals surface area contributed by atoms with Crippen molar-refractivity contribution in [3.05, 3.63) is 71.0 Å². The first-order valence-electron chi connectivity index (χ1n) is 11.6. The average Bonchev–Trinajstić information content (AvgIpc) is 3.54. The lowest BCUT2D eigenvalue weighted by atomic mass is 9.92. The Morgan fingerprint density at radius 1 is 1.03 bits per heavy atom. The largest absolute Gasteiger partial charge is 0.459 e. The highest BCUT2D eigenvalue weighted by Gasteiger charge is 2.31. The van der Waals surface area contributed by atoms with Crippen LogP contribution in [0.2, 0.25) is 0 Å². The van der Waals surface area contributed by atoms with E-state index >= 15 is 0 Å². The lowest BCUT2D eigenvalue weighted by molar-refractivity contribution is -0.150. The topological polar surface area (TPSA) is 86.3 Å². The zero-order chi connectivity index (χ0) is 22.6. The first-order chi connectivity index (χ1) is 16.2. The molecule has 1 aliphatic carbocycles. The number of rotatable bonds is 7. The molecule has 3 aliphatic rings. The number of fused-ring (bicyclic) bond motifs is 1. The van der Waals surface area contributed by atoms with E-state index in [0.29, 0.717) is 24.5 Å². The summed E-state index contributed by atoms with van der Waals surface area (Å²) in [5.41, 5.74) is 2.85. The molecule has 1 fully saturated rings. The fourth-order valence-electron chi connectivity index (χ4n) is 4.55. The number of hydrogen-bond acceptors (Lipinski definition) is 6. The van der Waals surface area contributed by atoms with E-state index in [-0.39, 0.29) is 31.3 Å². The summed E-state index contributed by atoms with van der Waals surface area (Å²) in [6.07, 6.45) is 6.21. The summed E-state index contributed by atoms with van der Waals surface area (Å²) < 4.78 is 23.1. The number of aliphatic hydroxyl groups is 1. The van der Waals surface area contributed by atoms with E-state index in [1.54, 1.807) is 0 Å². The molecule has 7 nitrogen and oxygen atoms in total. The first-order valence-corrected chi connectivity index (χ1v) is 11.6. The number of ether oxygens (including phenoxy) is 4. The van der Waals surface area contributed by atoms with Gasteiger partial charge in [-0.1, -0.05) is 43.2 Å². The van der Waals surface area contributed by atoms with Gasteiger partial charge in [-0.25, -0.2) is 0 Å². The van der Waals surface area contributed by atoms with E-state index in [1.165, 1.54) is 0 Å². The molecule has 0 bridgehead atoms. The van der Waals surface area contributed by atoms with Crippen LogP contribution in [-0.2, 0) is 27.5 Å². The Hall–Kier alpha value is -3.03. The van der Waals surface area contributed by atoms with Gasteiger partial charge in [-0.2, -0.15) is 0 Å². The molecule has 1 saturated carbocycles. The van der Waals surface area contributed by atoms with Crippen molar-refractivity contribution in [1.29, 1.82) is 0 Å². The van der Waals surface area contributed by atoms with Crippen molar-refractivity contribution in [2.75, 3.05) is 6.79 Å². The van der Waals surface area contributed by atoms with Gasteiger partial charge in [-0.05, 0) is 47.7 Å². The molecule has 2 heterocycles. The molecule has 174 valence electrons. The summed E-state index contributed by atoms with van der Waals surface area (Å²) in [6, 6.07) is 13.7.